The molecule has 0 saturated carbocycles. The Bertz CT molecular complexity index is 1020. The maximum atomic E-state index is 13.7. The second kappa shape index (κ2) is 7.04. The van der Waals surface area contributed by atoms with Gasteiger partial charge in [0.25, 0.3) is 0 Å². The summed E-state index contributed by atoms with van der Waals surface area (Å²) in [5, 5.41) is 0. The Morgan fingerprint density at radius 1 is 1.18 bits per heavy atom. The Balaban J connectivity index is 1.59. The highest BCUT2D eigenvalue weighted by Crippen LogP contribution is 2.32. The number of rotatable bonds is 3. The molecule has 5 heteroatoms. The summed E-state index contributed by atoms with van der Waals surface area (Å²) in [5.41, 5.74) is 2.04. The van der Waals surface area contributed by atoms with Crippen LogP contribution >= 0.6 is 0 Å². The molecule has 0 aliphatic carbocycles. The fraction of sp³-hybridized carbons (Fsp3) is 0.391. The average molecular weight is 379 g/mol. The number of aryl methyl sites for hydroxylation is 1. The molecule has 0 N–H and O–H groups in total. The molecule has 28 heavy (non-hydrogen) atoms. The fourth-order valence-electron chi connectivity index (χ4n) is 4.30. The maximum absolute atomic E-state index is 13.7. The first-order chi connectivity index (χ1) is 13.4. The quantitative estimate of drug-likeness (QED) is 0.677. The van der Waals surface area contributed by atoms with Crippen LogP contribution < -0.4 is 0 Å². The predicted molar refractivity (Wildman–Crippen MR) is 109 cm³/mol. The molecule has 1 fully saturated rings. The van der Waals surface area contributed by atoms with Gasteiger partial charge in [-0.05, 0) is 56.5 Å². The van der Waals surface area contributed by atoms with E-state index >= 15 is 0 Å². The van der Waals surface area contributed by atoms with Gasteiger partial charge in [0.15, 0.2) is 0 Å². The molecule has 0 radical (unpaired) electrons. The molecule has 3 aromatic rings. The molecule has 1 atom stereocenters. The zero-order chi connectivity index (χ0) is 19.9. The van der Waals surface area contributed by atoms with Crippen LogP contribution in [0.4, 0.5) is 4.39 Å². The second-order valence-corrected chi connectivity index (χ2v) is 8.24. The normalized spacial score (nSPS) is 17.9. The number of imidazole rings is 1. The van der Waals surface area contributed by atoms with Crippen molar-refractivity contribution in [2.45, 2.75) is 38.0 Å². The van der Waals surface area contributed by atoms with Crippen LogP contribution in [0.25, 0.3) is 11.0 Å². The van der Waals surface area contributed by atoms with E-state index in [0.717, 1.165) is 36.2 Å². The van der Waals surface area contributed by atoms with Crippen molar-refractivity contribution in [1.29, 1.82) is 0 Å². The smallest absolute Gasteiger partial charge is 0.232 e. The lowest BCUT2D eigenvalue weighted by molar-refractivity contribution is -0.137. The predicted octanol–water partition coefficient (Wildman–Crippen LogP) is 4.40. The summed E-state index contributed by atoms with van der Waals surface area (Å²) in [6, 6.07) is 14.5. The number of likely N-dealkylation sites (tertiary alicyclic amines) is 1. The zero-order valence-corrected chi connectivity index (χ0v) is 16.7. The van der Waals surface area contributed by atoms with Crippen LogP contribution in [0.1, 0.15) is 44.0 Å². The molecule has 2 aromatic carbocycles. The third-order valence-electron chi connectivity index (χ3n) is 5.98. The van der Waals surface area contributed by atoms with E-state index in [1.54, 1.807) is 6.07 Å². The van der Waals surface area contributed by atoms with Crippen molar-refractivity contribution in [3.05, 3.63) is 65.7 Å². The standard InChI is InChI=1S/C23H26FN3O/c1-23(2,17-9-6-10-18(24)14-17)22(28)27-13-7-8-16(15-27)21-25-19-11-4-5-12-20(19)26(21)3/h4-6,9-12,14,16H,7-8,13,15H2,1-3H3/t16-/m1/s1. The van der Waals surface area contributed by atoms with E-state index in [9.17, 15) is 9.18 Å². The Morgan fingerprint density at radius 2 is 1.96 bits per heavy atom. The fourth-order valence-corrected chi connectivity index (χ4v) is 4.30. The highest BCUT2D eigenvalue weighted by Gasteiger charge is 2.37. The Hall–Kier alpha value is -2.69. The van der Waals surface area contributed by atoms with Gasteiger partial charge in [-0.3, -0.25) is 4.79 Å². The first-order valence-corrected chi connectivity index (χ1v) is 9.84. The molecule has 146 valence electrons. The summed E-state index contributed by atoms with van der Waals surface area (Å²) >= 11 is 0. The number of carbonyl (C=O) groups is 1. The molecule has 0 spiro atoms. The summed E-state index contributed by atoms with van der Waals surface area (Å²) in [4.78, 5) is 20.1. The van der Waals surface area contributed by atoms with E-state index in [1.807, 2.05) is 50.1 Å². The number of fused-ring (bicyclic) bond motifs is 1. The zero-order valence-electron chi connectivity index (χ0n) is 16.7. The molecule has 0 bridgehead atoms. The Labute approximate surface area is 165 Å². The van der Waals surface area contributed by atoms with Crippen LogP contribution in [0.2, 0.25) is 0 Å². The highest BCUT2D eigenvalue weighted by atomic mass is 19.1. The van der Waals surface area contributed by atoms with Gasteiger partial charge < -0.3 is 9.47 Å². The van der Waals surface area contributed by atoms with Crippen LogP contribution in [0.5, 0.6) is 0 Å². The third-order valence-corrected chi connectivity index (χ3v) is 5.98. The van der Waals surface area contributed by atoms with Gasteiger partial charge >= 0.3 is 0 Å². The van der Waals surface area contributed by atoms with Gasteiger partial charge in [-0.25, -0.2) is 9.37 Å². The van der Waals surface area contributed by atoms with E-state index in [2.05, 4.69) is 10.6 Å². The number of nitrogens with zero attached hydrogens (tertiary/aromatic N) is 3. The van der Waals surface area contributed by atoms with Crippen molar-refractivity contribution in [1.82, 2.24) is 14.5 Å². The van der Waals surface area contributed by atoms with Gasteiger partial charge in [0.2, 0.25) is 5.91 Å². The number of para-hydroxylation sites is 2. The first-order valence-electron chi connectivity index (χ1n) is 9.84. The van der Waals surface area contributed by atoms with Gasteiger partial charge in [-0.1, -0.05) is 24.3 Å². The van der Waals surface area contributed by atoms with Gasteiger partial charge in [-0.15, -0.1) is 0 Å². The average Bonchev–Trinajstić information content (AvgIpc) is 3.04. The number of hydrogen-bond acceptors (Lipinski definition) is 2. The first kappa shape index (κ1) is 18.7. The van der Waals surface area contributed by atoms with Crippen molar-refractivity contribution in [3.8, 4) is 0 Å². The summed E-state index contributed by atoms with van der Waals surface area (Å²) in [5.74, 6) is 0.969. The lowest BCUT2D eigenvalue weighted by Gasteiger charge is -2.37. The molecule has 4 nitrogen and oxygen atoms in total. The number of carbonyl (C=O) groups excluding carboxylic acids is 1. The number of benzene rings is 2. The van der Waals surface area contributed by atoms with E-state index in [-0.39, 0.29) is 17.6 Å². The van der Waals surface area contributed by atoms with Crippen LogP contribution in [-0.4, -0.2) is 33.4 Å². The number of halogens is 1. The number of piperidine rings is 1. The molecule has 0 unspecified atom stereocenters. The molecule has 1 amide bonds. The minimum Gasteiger partial charge on any atom is -0.341 e. The molecule has 4 rings (SSSR count). The Kier molecular flexibility index (Phi) is 4.69. The topological polar surface area (TPSA) is 38.1 Å². The van der Waals surface area contributed by atoms with Crippen LogP contribution in [0.15, 0.2) is 48.5 Å². The lowest BCUT2D eigenvalue weighted by atomic mass is 9.82. The minimum absolute atomic E-state index is 0.0431. The summed E-state index contributed by atoms with van der Waals surface area (Å²) in [6.07, 6.45) is 1.96. The minimum atomic E-state index is -0.768. The molecular weight excluding hydrogens is 353 g/mol. The SMILES string of the molecule is Cn1c([C@@H]2CCCN(C(=O)C(C)(C)c3cccc(F)c3)C2)nc2ccccc21. The largest absolute Gasteiger partial charge is 0.341 e. The molecule has 1 aliphatic rings. The van der Waals surface area contributed by atoms with Crippen LogP contribution in [-0.2, 0) is 17.3 Å². The van der Waals surface area contributed by atoms with Crippen LogP contribution in [0.3, 0.4) is 0 Å². The van der Waals surface area contributed by atoms with E-state index in [0.29, 0.717) is 12.1 Å². The van der Waals surface area contributed by atoms with E-state index in [1.165, 1.54) is 12.1 Å². The Morgan fingerprint density at radius 3 is 2.71 bits per heavy atom. The number of aromatic nitrogens is 2. The summed E-state index contributed by atoms with van der Waals surface area (Å²) in [7, 11) is 2.04. The highest BCUT2D eigenvalue weighted by molar-refractivity contribution is 5.87. The van der Waals surface area contributed by atoms with Gasteiger partial charge in [0.1, 0.15) is 11.6 Å². The third kappa shape index (κ3) is 3.19. The van der Waals surface area contributed by atoms with Crippen molar-refractivity contribution >= 4 is 16.9 Å². The van der Waals surface area contributed by atoms with Crippen molar-refractivity contribution in [2.75, 3.05) is 13.1 Å². The number of hydrogen-bond donors (Lipinski definition) is 0. The van der Waals surface area contributed by atoms with Gasteiger partial charge in [0.05, 0.1) is 16.4 Å². The van der Waals surface area contributed by atoms with Gasteiger partial charge in [0, 0.05) is 26.1 Å². The summed E-state index contributed by atoms with van der Waals surface area (Å²) in [6.45, 7) is 5.14. The van der Waals surface area contributed by atoms with Crippen LogP contribution in [0, 0.1) is 5.82 Å². The second-order valence-electron chi connectivity index (χ2n) is 8.24. The van der Waals surface area contributed by atoms with Crippen molar-refractivity contribution < 1.29 is 9.18 Å². The number of amides is 1. The molecule has 1 aliphatic heterocycles. The van der Waals surface area contributed by atoms with Crippen molar-refractivity contribution in [2.24, 2.45) is 7.05 Å². The summed E-state index contributed by atoms with van der Waals surface area (Å²) < 4.78 is 15.8. The maximum Gasteiger partial charge on any atom is 0.232 e. The monoisotopic (exact) mass is 379 g/mol. The molecular formula is C23H26FN3O. The van der Waals surface area contributed by atoms with Crippen molar-refractivity contribution in [3.63, 3.8) is 0 Å². The molecule has 1 saturated heterocycles. The molecule has 2 heterocycles. The van der Waals surface area contributed by atoms with Gasteiger partial charge in [-0.2, -0.15) is 0 Å². The lowest BCUT2D eigenvalue weighted by Crippen LogP contribution is -2.47. The van der Waals surface area contributed by atoms with E-state index < -0.39 is 5.41 Å². The van der Waals surface area contributed by atoms with E-state index in [4.69, 9.17) is 4.98 Å². The molecule has 1 aromatic heterocycles.